The molecular weight excluding hydrogens is 464 g/mol. The van der Waals surface area contributed by atoms with Crippen LogP contribution in [0.5, 0.6) is 0 Å². The van der Waals surface area contributed by atoms with Gasteiger partial charge in [-0.25, -0.2) is 9.97 Å². The van der Waals surface area contributed by atoms with Crippen LogP contribution in [0.4, 0.5) is 0 Å². The van der Waals surface area contributed by atoms with E-state index in [4.69, 9.17) is 0 Å². The lowest BCUT2D eigenvalue weighted by molar-refractivity contribution is 0.0883. The van der Waals surface area contributed by atoms with E-state index in [-0.39, 0.29) is 22.3 Å². The Morgan fingerprint density at radius 1 is 0.618 bits per heavy atom. The molecule has 0 spiro atoms. The maximum absolute atomic E-state index is 12.9. The third-order valence-electron chi connectivity index (χ3n) is 6.45. The number of thioether (sulfide) groups is 2. The molecule has 6 nitrogen and oxygen atoms in total. The molecule has 8 heteroatoms. The number of carbonyl (C=O) groups is 2. The van der Waals surface area contributed by atoms with Gasteiger partial charge in [-0.3, -0.25) is 18.7 Å². The van der Waals surface area contributed by atoms with Gasteiger partial charge in [-0.15, -0.1) is 0 Å². The van der Waals surface area contributed by atoms with E-state index in [0.29, 0.717) is 12.8 Å². The van der Waals surface area contributed by atoms with Gasteiger partial charge in [0.15, 0.2) is 10.3 Å². The Morgan fingerprint density at radius 2 is 1.03 bits per heavy atom. The van der Waals surface area contributed by atoms with Crippen molar-refractivity contribution in [2.45, 2.75) is 33.7 Å². The molecule has 2 aliphatic heterocycles. The summed E-state index contributed by atoms with van der Waals surface area (Å²) in [5.74, 6) is 0.146. The maximum Gasteiger partial charge on any atom is 0.234 e. The van der Waals surface area contributed by atoms with Crippen LogP contribution in [0.25, 0.3) is 22.1 Å². The summed E-state index contributed by atoms with van der Waals surface area (Å²) in [6, 6.07) is 23.8. The summed E-state index contributed by atoms with van der Waals surface area (Å²) in [7, 11) is 0. The van der Waals surface area contributed by atoms with E-state index in [1.54, 1.807) is 32.7 Å². The summed E-state index contributed by atoms with van der Waals surface area (Å²) >= 11 is 3.27. The molecule has 0 amide bonds. The first-order valence-corrected chi connectivity index (χ1v) is 12.9. The number of carbonyl (C=O) groups excluding carboxylic acids is 2. The van der Waals surface area contributed by atoms with Crippen molar-refractivity contribution in [1.29, 1.82) is 0 Å². The first kappa shape index (κ1) is 20.1. The summed E-state index contributed by atoms with van der Waals surface area (Å²) in [6.07, 6.45) is 0.857. The minimum absolute atomic E-state index is 0.0238. The van der Waals surface area contributed by atoms with Gasteiger partial charge in [0.2, 0.25) is 11.8 Å². The second-order valence-corrected chi connectivity index (χ2v) is 10.9. The largest absolute Gasteiger partial charge is 0.274 e. The van der Waals surface area contributed by atoms with Gasteiger partial charge >= 0.3 is 0 Å². The minimum Gasteiger partial charge on any atom is -0.274 e. The fourth-order valence-electron chi connectivity index (χ4n) is 4.78. The van der Waals surface area contributed by atoms with Gasteiger partial charge in [-0.2, -0.15) is 0 Å². The number of para-hydroxylation sites is 4. The highest BCUT2D eigenvalue weighted by Crippen LogP contribution is 2.45. The molecule has 0 radical (unpaired) electrons. The summed E-state index contributed by atoms with van der Waals surface area (Å²) in [5, 5.41) is 1.55. The van der Waals surface area contributed by atoms with Crippen LogP contribution >= 0.6 is 23.5 Å². The van der Waals surface area contributed by atoms with Crippen LogP contribution in [-0.2, 0) is 0 Å². The van der Waals surface area contributed by atoms with E-state index in [2.05, 4.69) is 34.2 Å². The lowest BCUT2D eigenvalue weighted by Gasteiger charge is -2.24. The van der Waals surface area contributed by atoms with Crippen LogP contribution in [0, 0.1) is 0 Å². The molecule has 4 heterocycles. The van der Waals surface area contributed by atoms with Crippen molar-refractivity contribution < 1.29 is 9.59 Å². The Balaban J connectivity index is 1.16. The molecule has 2 aromatic heterocycles. The van der Waals surface area contributed by atoms with Crippen molar-refractivity contribution in [3.63, 3.8) is 0 Å². The zero-order chi connectivity index (χ0) is 22.8. The smallest absolute Gasteiger partial charge is 0.234 e. The quantitative estimate of drug-likeness (QED) is 0.301. The monoisotopic (exact) mass is 482 g/mol. The van der Waals surface area contributed by atoms with Crippen molar-refractivity contribution in [2.24, 2.45) is 0 Å². The van der Waals surface area contributed by atoms with Crippen LogP contribution in [0.2, 0.25) is 0 Å². The minimum atomic E-state index is 0.0238. The molecule has 0 saturated heterocycles. The number of rotatable bonds is 2. The maximum atomic E-state index is 12.9. The predicted molar refractivity (Wildman–Crippen MR) is 134 cm³/mol. The van der Waals surface area contributed by atoms with E-state index in [0.717, 1.165) is 43.5 Å². The van der Waals surface area contributed by atoms with Crippen molar-refractivity contribution in [1.82, 2.24) is 19.1 Å². The molecule has 0 saturated carbocycles. The van der Waals surface area contributed by atoms with Gasteiger partial charge < -0.3 is 0 Å². The molecule has 34 heavy (non-hydrogen) atoms. The number of hydrogen-bond acceptors (Lipinski definition) is 6. The predicted octanol–water partition coefficient (Wildman–Crippen LogP) is 6.14. The first-order valence-electron chi connectivity index (χ1n) is 11.1. The Labute approximate surface area is 203 Å². The van der Waals surface area contributed by atoms with Crippen molar-refractivity contribution in [3.8, 4) is 0 Å². The van der Waals surface area contributed by atoms with Gasteiger partial charge in [0.05, 0.1) is 22.1 Å². The molecular formula is C26H18N4O2S2. The highest BCUT2D eigenvalue weighted by molar-refractivity contribution is 7.99. The summed E-state index contributed by atoms with van der Waals surface area (Å²) in [5.41, 5.74) is 5.63. The van der Waals surface area contributed by atoms with Gasteiger partial charge in [0, 0.05) is 23.3 Å². The summed E-state index contributed by atoms with van der Waals surface area (Å²) in [6.45, 7) is 0. The van der Waals surface area contributed by atoms with Crippen LogP contribution < -0.4 is 0 Å². The molecule has 3 aromatic carbocycles. The van der Waals surface area contributed by atoms with E-state index in [1.807, 2.05) is 48.5 Å². The molecule has 2 atom stereocenters. The molecule has 5 aromatic rings. The summed E-state index contributed by atoms with van der Waals surface area (Å²) < 4.78 is 3.47. The van der Waals surface area contributed by atoms with Gasteiger partial charge in [0.1, 0.15) is 0 Å². The van der Waals surface area contributed by atoms with Gasteiger partial charge in [-0.1, -0.05) is 72.1 Å². The fourth-order valence-corrected chi connectivity index (χ4v) is 7.24. The summed E-state index contributed by atoms with van der Waals surface area (Å²) in [4.78, 5) is 35.2. The number of hydrogen-bond donors (Lipinski definition) is 0. The Hall–Kier alpha value is -3.36. The number of aromatic nitrogens is 4. The first-order chi connectivity index (χ1) is 16.7. The number of imidazole rings is 2. The Kier molecular flexibility index (Phi) is 4.47. The van der Waals surface area contributed by atoms with Gasteiger partial charge in [0.25, 0.3) is 0 Å². The average molecular weight is 483 g/mol. The molecule has 0 N–H and O–H groups in total. The molecule has 166 valence electrons. The lowest BCUT2D eigenvalue weighted by atomic mass is 10.0. The molecule has 0 bridgehead atoms. The molecule has 7 rings (SSSR count). The topological polar surface area (TPSA) is 69.8 Å². The van der Waals surface area contributed by atoms with E-state index in [1.165, 1.54) is 0 Å². The fraction of sp³-hybridized carbons (Fsp3) is 0.154. The van der Waals surface area contributed by atoms with E-state index >= 15 is 0 Å². The Morgan fingerprint density at radius 3 is 1.47 bits per heavy atom. The standard InChI is InChI=1S/C26H18N4O2S2/c31-23-13-21(33-25-27-17-5-1-3-7-19(17)29(23)25)15-9-11-16(12-10-15)22-14-24(32)30-20-8-4-2-6-18(20)28-26(30)34-22/h1-12,21-22H,13-14H2/t21-,22-/m1/s1. The normalized spacial score (nSPS) is 20.0. The zero-order valence-corrected chi connectivity index (χ0v) is 19.6. The van der Waals surface area contributed by atoms with Crippen molar-refractivity contribution >= 4 is 57.4 Å². The third kappa shape index (κ3) is 3.05. The van der Waals surface area contributed by atoms with Crippen LogP contribution in [0.1, 0.15) is 44.1 Å². The van der Waals surface area contributed by atoms with Crippen LogP contribution in [0.3, 0.4) is 0 Å². The average Bonchev–Trinajstić information content (AvgIpc) is 3.42. The second kappa shape index (κ2) is 7.58. The number of benzene rings is 3. The SMILES string of the molecule is O=C1C[C@H](c2ccc([C@H]3CC(=O)n4c(nc5ccccc54)S3)cc2)Sc2nc3ccccc3n21. The highest BCUT2D eigenvalue weighted by atomic mass is 32.2. The second-order valence-electron chi connectivity index (χ2n) is 8.51. The lowest BCUT2D eigenvalue weighted by Crippen LogP contribution is -2.20. The van der Waals surface area contributed by atoms with Gasteiger partial charge in [-0.05, 0) is 35.4 Å². The molecule has 2 aliphatic rings. The van der Waals surface area contributed by atoms with Crippen LogP contribution in [0.15, 0.2) is 83.1 Å². The molecule has 0 unspecified atom stereocenters. The highest BCUT2D eigenvalue weighted by Gasteiger charge is 2.32. The van der Waals surface area contributed by atoms with Crippen LogP contribution in [-0.4, -0.2) is 30.9 Å². The number of fused-ring (bicyclic) bond motifs is 6. The molecule has 0 fully saturated rings. The Bertz CT molecular complexity index is 1500. The zero-order valence-electron chi connectivity index (χ0n) is 17.9. The van der Waals surface area contributed by atoms with E-state index in [9.17, 15) is 9.59 Å². The van der Waals surface area contributed by atoms with Crippen molar-refractivity contribution in [3.05, 3.63) is 83.9 Å². The molecule has 0 aliphatic carbocycles. The van der Waals surface area contributed by atoms with Crippen molar-refractivity contribution in [2.75, 3.05) is 0 Å². The third-order valence-corrected chi connectivity index (χ3v) is 8.87. The number of nitrogens with zero attached hydrogens (tertiary/aromatic N) is 4. The van der Waals surface area contributed by atoms with E-state index < -0.39 is 0 Å².